The number of benzene rings is 1. The van der Waals surface area contributed by atoms with E-state index in [0.717, 1.165) is 36.2 Å². The van der Waals surface area contributed by atoms with E-state index in [1.165, 1.54) is 6.21 Å². The summed E-state index contributed by atoms with van der Waals surface area (Å²) in [6.07, 6.45) is 5.59. The third-order valence-electron chi connectivity index (χ3n) is 5.44. The van der Waals surface area contributed by atoms with E-state index >= 15 is 0 Å². The summed E-state index contributed by atoms with van der Waals surface area (Å²) in [6.45, 7) is 0.696. The van der Waals surface area contributed by atoms with Crippen LogP contribution in [0.15, 0.2) is 24.4 Å². The Morgan fingerprint density at radius 2 is 2.31 bits per heavy atom. The minimum absolute atomic E-state index is 0.0233. The van der Waals surface area contributed by atoms with Crippen LogP contribution < -0.4 is 21.0 Å². The van der Waals surface area contributed by atoms with Gasteiger partial charge in [0.25, 0.3) is 5.52 Å². The zero-order valence-electron chi connectivity index (χ0n) is 16.1. The highest BCUT2D eigenvalue weighted by Gasteiger charge is 2.28. The monoisotopic (exact) mass is 394 g/mol. The molecule has 2 atom stereocenters. The number of amides is 1. The summed E-state index contributed by atoms with van der Waals surface area (Å²) in [5.74, 6) is 0.657. The Morgan fingerprint density at radius 3 is 3.03 bits per heavy atom. The molecule has 10 nitrogen and oxygen atoms in total. The van der Waals surface area contributed by atoms with E-state index in [2.05, 4.69) is 30.9 Å². The standard InChI is InChI=1S/C19H23N9O/c1-22-15-5-4-14(7-13(15)8-20)28-18-16(26-27-28)10-24-19(25-18)23-9-11-2-3-12(6-11)17(21)29/h4-5,7-8,10-12H,2-3,6,9H2,1H3,(H5,20,21,22,23,24,25,27,29)/p+1/t11?,12-/m1/s1. The molecule has 150 valence electrons. The summed E-state index contributed by atoms with van der Waals surface area (Å²) < 4.78 is 1.76. The van der Waals surface area contributed by atoms with E-state index in [0.29, 0.717) is 29.6 Å². The minimum atomic E-state index is -0.210. The first-order chi connectivity index (χ1) is 14.1. The molecule has 3 aromatic rings. The largest absolute Gasteiger partial charge is 0.388 e. The minimum Gasteiger partial charge on any atom is -0.388 e. The molecule has 0 aliphatic heterocycles. The molecule has 4 rings (SSSR count). The number of fused-ring (bicyclic) bond motifs is 1. The number of anilines is 2. The average molecular weight is 394 g/mol. The van der Waals surface area contributed by atoms with Gasteiger partial charge < -0.3 is 21.8 Å². The number of rotatable bonds is 7. The van der Waals surface area contributed by atoms with Crippen LogP contribution in [0.4, 0.5) is 11.6 Å². The maximum Gasteiger partial charge on any atom is 0.335 e. The Balaban J connectivity index is 1.55. The van der Waals surface area contributed by atoms with Gasteiger partial charge in [0.15, 0.2) is 0 Å². The third-order valence-corrected chi connectivity index (χ3v) is 5.44. The van der Waals surface area contributed by atoms with E-state index in [4.69, 9.17) is 11.1 Å². The number of carbonyl (C=O) groups is 1. The predicted octanol–water partition coefficient (Wildman–Crippen LogP) is 0.982. The maximum atomic E-state index is 11.3. The summed E-state index contributed by atoms with van der Waals surface area (Å²) in [4.78, 5) is 20.3. The van der Waals surface area contributed by atoms with Crippen LogP contribution in [0.5, 0.6) is 0 Å². The number of primary amides is 1. The molecule has 10 heteroatoms. The highest BCUT2D eigenvalue weighted by Crippen LogP contribution is 2.30. The van der Waals surface area contributed by atoms with Crippen LogP contribution in [-0.2, 0) is 4.79 Å². The molecule has 0 spiro atoms. The lowest BCUT2D eigenvalue weighted by Gasteiger charge is -2.09. The average Bonchev–Trinajstić information content (AvgIpc) is 3.38. The molecule has 0 saturated heterocycles. The first-order valence-electron chi connectivity index (χ1n) is 9.58. The van der Waals surface area contributed by atoms with E-state index in [1.807, 2.05) is 25.2 Å². The summed E-state index contributed by atoms with van der Waals surface area (Å²) in [5.41, 5.74) is 9.14. The topological polar surface area (TPSA) is 149 Å². The second kappa shape index (κ2) is 7.82. The fraction of sp³-hybridized carbons (Fsp3) is 0.368. The van der Waals surface area contributed by atoms with Gasteiger partial charge in [-0.1, -0.05) is 4.98 Å². The van der Waals surface area contributed by atoms with E-state index in [9.17, 15) is 4.79 Å². The number of hydrogen-bond donors (Lipinski definition) is 5. The highest BCUT2D eigenvalue weighted by atomic mass is 16.1. The number of H-pyrrole nitrogens is 1. The van der Waals surface area contributed by atoms with E-state index < -0.39 is 0 Å². The van der Waals surface area contributed by atoms with Crippen LogP contribution in [0.1, 0.15) is 24.8 Å². The van der Waals surface area contributed by atoms with Crippen molar-refractivity contribution in [1.82, 2.24) is 20.3 Å². The summed E-state index contributed by atoms with van der Waals surface area (Å²) in [7, 11) is 1.82. The molecule has 1 saturated carbocycles. The van der Waals surface area contributed by atoms with Crippen LogP contribution in [0.3, 0.4) is 0 Å². The normalized spacial score (nSPS) is 18.7. The van der Waals surface area contributed by atoms with Gasteiger partial charge in [0.1, 0.15) is 5.69 Å². The Hall–Kier alpha value is -3.56. The molecule has 0 bridgehead atoms. The number of nitrogens with two attached hydrogens (primary N) is 1. The smallest absolute Gasteiger partial charge is 0.335 e. The Bertz CT molecular complexity index is 1060. The Morgan fingerprint density at radius 1 is 1.45 bits per heavy atom. The van der Waals surface area contributed by atoms with Gasteiger partial charge in [0.2, 0.25) is 5.91 Å². The quantitative estimate of drug-likeness (QED) is 0.298. The maximum absolute atomic E-state index is 11.3. The summed E-state index contributed by atoms with van der Waals surface area (Å²) >= 11 is 0. The molecule has 1 amide bonds. The zero-order chi connectivity index (χ0) is 20.4. The van der Waals surface area contributed by atoms with Gasteiger partial charge in [-0.3, -0.25) is 4.79 Å². The van der Waals surface area contributed by atoms with Gasteiger partial charge in [0, 0.05) is 37.0 Å². The number of hydrogen-bond acceptors (Lipinski definition) is 7. The summed E-state index contributed by atoms with van der Waals surface area (Å²) in [6, 6.07) is 5.72. The zero-order valence-corrected chi connectivity index (χ0v) is 16.1. The van der Waals surface area contributed by atoms with E-state index in [1.54, 1.807) is 10.9 Å². The van der Waals surface area contributed by atoms with Crippen molar-refractivity contribution in [1.29, 1.82) is 5.41 Å². The second-order valence-corrected chi connectivity index (χ2v) is 7.27. The molecule has 1 aromatic carbocycles. The number of nitrogens with zero attached hydrogens (tertiary/aromatic N) is 4. The van der Waals surface area contributed by atoms with Crippen molar-refractivity contribution in [3.63, 3.8) is 0 Å². The molecule has 2 heterocycles. The Labute approximate surface area is 167 Å². The molecule has 2 aromatic heterocycles. The molecule has 1 unspecified atom stereocenters. The van der Waals surface area contributed by atoms with Crippen molar-refractivity contribution >= 4 is 34.9 Å². The van der Waals surface area contributed by atoms with Crippen LogP contribution in [0, 0.1) is 17.2 Å². The fourth-order valence-corrected chi connectivity index (χ4v) is 3.82. The van der Waals surface area contributed by atoms with Crippen LogP contribution in [-0.4, -0.2) is 46.0 Å². The number of nitrogens with one attached hydrogen (secondary N) is 4. The molecule has 1 fully saturated rings. The molecule has 0 radical (unpaired) electrons. The SMILES string of the molecule is CNc1ccc(-[n+]2[nH]nc3cnc(NCC4CC[C@@H](C(N)=O)C4)nc32)cc1C=N. The number of aromatic amines is 1. The first-order valence-corrected chi connectivity index (χ1v) is 9.58. The van der Waals surface area contributed by atoms with E-state index in [-0.39, 0.29) is 11.8 Å². The molecular formula is C19H24N9O+. The van der Waals surface area contributed by atoms with Crippen molar-refractivity contribution in [2.24, 2.45) is 17.6 Å². The van der Waals surface area contributed by atoms with Crippen LogP contribution in [0.25, 0.3) is 16.9 Å². The lowest BCUT2D eigenvalue weighted by Crippen LogP contribution is -2.34. The van der Waals surface area contributed by atoms with Gasteiger partial charge in [0.05, 0.1) is 6.20 Å². The van der Waals surface area contributed by atoms with Crippen molar-refractivity contribution in [3.8, 4) is 5.69 Å². The summed E-state index contributed by atoms with van der Waals surface area (Å²) in [5, 5.41) is 21.2. The molecule has 6 N–H and O–H groups in total. The van der Waals surface area contributed by atoms with Gasteiger partial charge in [-0.15, -0.1) is 9.90 Å². The van der Waals surface area contributed by atoms with Gasteiger partial charge in [-0.25, -0.2) is 4.98 Å². The fourth-order valence-electron chi connectivity index (χ4n) is 3.82. The van der Waals surface area contributed by atoms with Crippen molar-refractivity contribution in [2.75, 3.05) is 24.2 Å². The van der Waals surface area contributed by atoms with Gasteiger partial charge in [-0.2, -0.15) is 0 Å². The molecule has 1 aliphatic rings. The molecular weight excluding hydrogens is 370 g/mol. The van der Waals surface area contributed by atoms with Crippen LogP contribution in [0.2, 0.25) is 0 Å². The van der Waals surface area contributed by atoms with Crippen molar-refractivity contribution in [3.05, 3.63) is 30.0 Å². The van der Waals surface area contributed by atoms with Crippen LogP contribution >= 0.6 is 0 Å². The lowest BCUT2D eigenvalue weighted by atomic mass is 10.0. The number of aromatic nitrogens is 5. The second-order valence-electron chi connectivity index (χ2n) is 7.27. The van der Waals surface area contributed by atoms with Gasteiger partial charge in [-0.05, 0) is 48.5 Å². The van der Waals surface area contributed by atoms with Crippen molar-refractivity contribution in [2.45, 2.75) is 19.3 Å². The number of carbonyl (C=O) groups excluding carboxylic acids is 1. The lowest BCUT2D eigenvalue weighted by molar-refractivity contribution is -0.636. The Kier molecular flexibility index (Phi) is 5.07. The predicted molar refractivity (Wildman–Crippen MR) is 109 cm³/mol. The van der Waals surface area contributed by atoms with Gasteiger partial charge >= 0.3 is 11.6 Å². The molecule has 1 aliphatic carbocycles. The van der Waals surface area contributed by atoms with Crippen molar-refractivity contribution < 1.29 is 9.48 Å². The third kappa shape index (κ3) is 3.73. The highest BCUT2D eigenvalue weighted by molar-refractivity contribution is 5.86. The molecule has 29 heavy (non-hydrogen) atoms. The first kappa shape index (κ1) is 18.8.